The van der Waals surface area contributed by atoms with E-state index in [1.54, 1.807) is 0 Å². The van der Waals surface area contributed by atoms with Crippen molar-refractivity contribution in [1.29, 1.82) is 0 Å². The Kier molecular flexibility index (Phi) is 6.05. The molecule has 21 heavy (non-hydrogen) atoms. The van der Waals surface area contributed by atoms with Gasteiger partial charge in [-0.3, -0.25) is 4.79 Å². The van der Waals surface area contributed by atoms with Crippen molar-refractivity contribution in [3.63, 3.8) is 0 Å². The second-order valence-corrected chi connectivity index (χ2v) is 5.68. The lowest BCUT2D eigenvalue weighted by molar-refractivity contribution is -0.133. The molecule has 1 aromatic carbocycles. The maximum atomic E-state index is 12.3. The fraction of sp³-hybridized carbons (Fsp3) is 0.588. The molecule has 0 unspecified atom stereocenters. The van der Waals surface area contributed by atoms with E-state index in [0.29, 0.717) is 0 Å². The van der Waals surface area contributed by atoms with Gasteiger partial charge in [-0.25, -0.2) is 0 Å². The molecule has 1 N–H and O–H groups in total. The van der Waals surface area contributed by atoms with Crippen LogP contribution in [0.4, 0.5) is 0 Å². The van der Waals surface area contributed by atoms with Gasteiger partial charge < -0.3 is 15.0 Å². The molecule has 1 heterocycles. The lowest BCUT2D eigenvalue weighted by Gasteiger charge is -2.21. The highest BCUT2D eigenvalue weighted by atomic mass is 16.5. The third kappa shape index (κ3) is 4.46. The number of carbonyl (C=O) groups is 1. The molecular weight excluding hydrogens is 264 g/mol. The Labute approximate surface area is 127 Å². The fourth-order valence-corrected chi connectivity index (χ4v) is 2.79. The Morgan fingerprint density at radius 3 is 2.62 bits per heavy atom. The van der Waals surface area contributed by atoms with Gasteiger partial charge in [-0.05, 0) is 32.4 Å². The van der Waals surface area contributed by atoms with Crippen molar-refractivity contribution in [2.75, 3.05) is 26.7 Å². The Balaban J connectivity index is 1.97. The largest absolute Gasteiger partial charge is 0.483 e. The minimum Gasteiger partial charge on any atom is -0.483 e. The minimum atomic E-state index is 0.107. The van der Waals surface area contributed by atoms with Crippen LogP contribution in [-0.2, 0) is 11.3 Å². The van der Waals surface area contributed by atoms with E-state index < -0.39 is 0 Å². The summed E-state index contributed by atoms with van der Waals surface area (Å²) in [6.45, 7) is 4.65. The minimum absolute atomic E-state index is 0.107. The molecule has 1 aliphatic rings. The van der Waals surface area contributed by atoms with Crippen LogP contribution in [0.15, 0.2) is 18.2 Å². The molecule has 0 atom stereocenters. The molecule has 1 aromatic rings. The Morgan fingerprint density at radius 2 is 1.95 bits per heavy atom. The maximum absolute atomic E-state index is 12.3. The standard InChI is InChI=1S/C17H26N2O2/c1-14-8-7-9-15(12-18-2)17(14)21-13-16(20)19-10-5-3-4-6-11-19/h7-9,18H,3-6,10-13H2,1-2H3. The normalized spacial score (nSPS) is 15.6. The van der Waals surface area contributed by atoms with E-state index in [2.05, 4.69) is 5.32 Å². The maximum Gasteiger partial charge on any atom is 0.260 e. The first kappa shape index (κ1) is 15.8. The zero-order chi connectivity index (χ0) is 15.1. The van der Waals surface area contributed by atoms with Crippen LogP contribution in [0.3, 0.4) is 0 Å². The highest BCUT2D eigenvalue weighted by Crippen LogP contribution is 2.23. The molecule has 0 radical (unpaired) electrons. The zero-order valence-corrected chi connectivity index (χ0v) is 13.2. The van der Waals surface area contributed by atoms with Gasteiger partial charge in [-0.15, -0.1) is 0 Å². The first-order valence-corrected chi connectivity index (χ1v) is 7.86. The van der Waals surface area contributed by atoms with E-state index in [9.17, 15) is 4.79 Å². The molecule has 0 saturated carbocycles. The van der Waals surface area contributed by atoms with E-state index in [4.69, 9.17) is 4.74 Å². The molecule has 4 heteroatoms. The van der Waals surface area contributed by atoms with Gasteiger partial charge in [0.15, 0.2) is 6.61 Å². The second kappa shape index (κ2) is 8.03. The molecule has 1 aliphatic heterocycles. The van der Waals surface area contributed by atoms with Crippen LogP contribution in [0.2, 0.25) is 0 Å². The molecule has 1 saturated heterocycles. The molecule has 116 valence electrons. The third-order valence-corrected chi connectivity index (χ3v) is 3.96. The fourth-order valence-electron chi connectivity index (χ4n) is 2.79. The van der Waals surface area contributed by atoms with Crippen LogP contribution in [0, 0.1) is 6.92 Å². The summed E-state index contributed by atoms with van der Waals surface area (Å²) in [7, 11) is 1.91. The topological polar surface area (TPSA) is 41.6 Å². The lowest BCUT2D eigenvalue weighted by atomic mass is 10.1. The lowest BCUT2D eigenvalue weighted by Crippen LogP contribution is -2.35. The number of amides is 1. The van der Waals surface area contributed by atoms with Gasteiger partial charge in [0.25, 0.3) is 5.91 Å². The Morgan fingerprint density at radius 1 is 1.24 bits per heavy atom. The molecule has 1 amide bonds. The number of hydrogen-bond acceptors (Lipinski definition) is 3. The van der Waals surface area contributed by atoms with E-state index in [1.807, 2.05) is 37.1 Å². The highest BCUT2D eigenvalue weighted by Gasteiger charge is 2.17. The number of rotatable bonds is 5. The number of aryl methyl sites for hydroxylation is 1. The molecule has 4 nitrogen and oxygen atoms in total. The van der Waals surface area contributed by atoms with Crippen molar-refractivity contribution in [2.24, 2.45) is 0 Å². The van der Waals surface area contributed by atoms with Crippen LogP contribution in [0.5, 0.6) is 5.75 Å². The van der Waals surface area contributed by atoms with Gasteiger partial charge in [-0.2, -0.15) is 0 Å². The van der Waals surface area contributed by atoms with Crippen molar-refractivity contribution >= 4 is 5.91 Å². The smallest absolute Gasteiger partial charge is 0.260 e. The van der Waals surface area contributed by atoms with Crippen molar-refractivity contribution < 1.29 is 9.53 Å². The predicted octanol–water partition coefficient (Wildman–Crippen LogP) is 2.50. The van der Waals surface area contributed by atoms with Crippen molar-refractivity contribution in [2.45, 2.75) is 39.2 Å². The van der Waals surface area contributed by atoms with Gasteiger partial charge in [0, 0.05) is 25.2 Å². The Bertz CT molecular complexity index is 466. The van der Waals surface area contributed by atoms with Gasteiger partial charge in [0.05, 0.1) is 0 Å². The molecule has 0 aliphatic carbocycles. The molecule has 2 rings (SSSR count). The number of ether oxygens (including phenoxy) is 1. The number of benzene rings is 1. The summed E-state index contributed by atoms with van der Waals surface area (Å²) in [6, 6.07) is 6.08. The summed E-state index contributed by atoms with van der Waals surface area (Å²) >= 11 is 0. The van der Waals surface area contributed by atoms with Crippen LogP contribution in [0.1, 0.15) is 36.8 Å². The van der Waals surface area contributed by atoms with Gasteiger partial charge in [0.1, 0.15) is 5.75 Å². The number of para-hydroxylation sites is 1. The summed E-state index contributed by atoms with van der Waals surface area (Å²) in [5, 5.41) is 3.14. The number of nitrogens with one attached hydrogen (secondary N) is 1. The van der Waals surface area contributed by atoms with Crippen molar-refractivity contribution in [1.82, 2.24) is 10.2 Å². The molecular formula is C17H26N2O2. The van der Waals surface area contributed by atoms with E-state index in [-0.39, 0.29) is 12.5 Å². The first-order valence-electron chi connectivity index (χ1n) is 7.86. The van der Waals surface area contributed by atoms with Crippen LogP contribution in [0.25, 0.3) is 0 Å². The summed E-state index contributed by atoms with van der Waals surface area (Å²) in [5.74, 6) is 0.950. The molecule has 1 fully saturated rings. The average molecular weight is 290 g/mol. The second-order valence-electron chi connectivity index (χ2n) is 5.68. The summed E-state index contributed by atoms with van der Waals surface area (Å²) in [4.78, 5) is 14.2. The summed E-state index contributed by atoms with van der Waals surface area (Å²) in [6.07, 6.45) is 4.69. The van der Waals surface area contributed by atoms with E-state index in [0.717, 1.165) is 49.4 Å². The zero-order valence-electron chi connectivity index (χ0n) is 13.2. The van der Waals surface area contributed by atoms with Gasteiger partial charge in [0.2, 0.25) is 0 Å². The quantitative estimate of drug-likeness (QED) is 0.906. The molecule has 0 bridgehead atoms. The van der Waals surface area contributed by atoms with Crippen LogP contribution in [-0.4, -0.2) is 37.6 Å². The van der Waals surface area contributed by atoms with Crippen molar-refractivity contribution in [3.05, 3.63) is 29.3 Å². The van der Waals surface area contributed by atoms with Crippen molar-refractivity contribution in [3.8, 4) is 5.75 Å². The monoisotopic (exact) mass is 290 g/mol. The number of likely N-dealkylation sites (tertiary alicyclic amines) is 1. The van der Waals surface area contributed by atoms with Crippen LogP contribution >= 0.6 is 0 Å². The third-order valence-electron chi connectivity index (χ3n) is 3.96. The van der Waals surface area contributed by atoms with E-state index >= 15 is 0 Å². The highest BCUT2D eigenvalue weighted by molar-refractivity contribution is 5.77. The SMILES string of the molecule is CNCc1cccc(C)c1OCC(=O)N1CCCCCC1. The molecule has 0 aromatic heterocycles. The Hall–Kier alpha value is -1.55. The average Bonchev–Trinajstić information content (AvgIpc) is 2.76. The summed E-state index contributed by atoms with van der Waals surface area (Å²) in [5.41, 5.74) is 2.17. The first-order chi connectivity index (χ1) is 10.2. The number of hydrogen-bond donors (Lipinski definition) is 1. The predicted molar refractivity (Wildman–Crippen MR) is 84.5 cm³/mol. The summed E-state index contributed by atoms with van der Waals surface area (Å²) < 4.78 is 5.85. The number of nitrogens with zero attached hydrogens (tertiary/aromatic N) is 1. The molecule has 0 spiro atoms. The van der Waals surface area contributed by atoms with E-state index in [1.165, 1.54) is 12.8 Å². The van der Waals surface area contributed by atoms with Gasteiger partial charge in [-0.1, -0.05) is 31.0 Å². The van der Waals surface area contributed by atoms with Gasteiger partial charge >= 0.3 is 0 Å². The van der Waals surface area contributed by atoms with Crippen LogP contribution < -0.4 is 10.1 Å². The number of carbonyl (C=O) groups excluding carboxylic acids is 1.